The van der Waals surface area contributed by atoms with Crippen LogP contribution in [0.1, 0.15) is 24.2 Å². The summed E-state index contributed by atoms with van der Waals surface area (Å²) in [5, 5.41) is 1.30. The Morgan fingerprint density at radius 3 is 2.59 bits per heavy atom. The number of benzene rings is 1. The zero-order valence-electron chi connectivity index (χ0n) is 9.50. The first-order valence-corrected chi connectivity index (χ1v) is 6.38. The highest BCUT2D eigenvalue weighted by Gasteiger charge is 2.13. The molecule has 1 heterocycles. The Bertz CT molecular complexity index is 601. The molecule has 0 spiro atoms. The van der Waals surface area contributed by atoms with Gasteiger partial charge in [0.25, 0.3) is 0 Å². The average molecular weight is 287 g/mol. The first kappa shape index (κ1) is 12.7. The summed E-state index contributed by atoms with van der Waals surface area (Å²) in [7, 11) is 0. The number of imidazole rings is 1. The van der Waals surface area contributed by atoms with Gasteiger partial charge in [-0.15, -0.1) is 0 Å². The van der Waals surface area contributed by atoms with Gasteiger partial charge in [-0.05, 0) is 43.8 Å². The minimum absolute atomic E-state index is 0.0808. The summed E-state index contributed by atoms with van der Waals surface area (Å²) in [6.45, 7) is 4.03. The molecule has 1 atom stereocenters. The van der Waals surface area contributed by atoms with Gasteiger partial charge in [-0.1, -0.05) is 29.3 Å². The van der Waals surface area contributed by atoms with Crippen molar-refractivity contribution in [1.82, 2.24) is 9.55 Å². The van der Waals surface area contributed by atoms with Crippen molar-refractivity contribution < 1.29 is 0 Å². The molecule has 17 heavy (non-hydrogen) atoms. The summed E-state index contributed by atoms with van der Waals surface area (Å²) in [5.74, 6) is 0. The minimum Gasteiger partial charge on any atom is -0.335 e. The molecule has 2 rings (SSSR count). The number of aryl methyl sites for hydroxylation is 1. The van der Waals surface area contributed by atoms with Crippen LogP contribution in [0.4, 0.5) is 0 Å². The molecule has 1 N–H and O–H groups in total. The van der Waals surface area contributed by atoms with Gasteiger partial charge in [0.2, 0.25) is 0 Å². The molecule has 0 bridgehead atoms. The number of hydrogen-bond donors (Lipinski definition) is 1. The summed E-state index contributed by atoms with van der Waals surface area (Å²) in [5.41, 5.74) is 2.04. The number of rotatable bonds is 2. The van der Waals surface area contributed by atoms with Crippen LogP contribution in [0.25, 0.3) is 0 Å². The number of nitrogens with zero attached hydrogens (tertiary/aromatic N) is 1. The monoisotopic (exact) mass is 286 g/mol. The smallest absolute Gasteiger partial charge is 0.177 e. The predicted octanol–water partition coefficient (Wildman–Crippen LogP) is 4.77. The third-order valence-electron chi connectivity index (χ3n) is 2.70. The highest BCUT2D eigenvalue weighted by atomic mass is 35.5. The Morgan fingerprint density at radius 1 is 1.35 bits per heavy atom. The number of nitrogens with one attached hydrogen (secondary N) is 1. The number of aromatic nitrogens is 2. The second kappa shape index (κ2) is 4.84. The van der Waals surface area contributed by atoms with Crippen LogP contribution in [-0.4, -0.2) is 9.55 Å². The molecule has 0 aliphatic rings. The van der Waals surface area contributed by atoms with E-state index in [-0.39, 0.29) is 6.04 Å². The predicted molar refractivity (Wildman–Crippen MR) is 74.6 cm³/mol. The second-order valence-electron chi connectivity index (χ2n) is 3.99. The van der Waals surface area contributed by atoms with Gasteiger partial charge in [0.05, 0.1) is 6.04 Å². The molecule has 1 aromatic carbocycles. The molecule has 2 nitrogen and oxygen atoms in total. The Morgan fingerprint density at radius 2 is 2.06 bits per heavy atom. The number of aromatic amines is 1. The summed E-state index contributed by atoms with van der Waals surface area (Å²) < 4.78 is 2.68. The lowest BCUT2D eigenvalue weighted by molar-refractivity contribution is 0.630. The summed E-state index contributed by atoms with van der Waals surface area (Å²) >= 11 is 17.3. The van der Waals surface area contributed by atoms with E-state index in [2.05, 4.69) is 11.9 Å². The van der Waals surface area contributed by atoms with Crippen molar-refractivity contribution in [2.45, 2.75) is 19.9 Å². The number of hydrogen-bond acceptors (Lipinski definition) is 1. The highest BCUT2D eigenvalue weighted by Crippen LogP contribution is 2.28. The highest BCUT2D eigenvalue weighted by molar-refractivity contribution is 7.71. The molecule has 0 aliphatic heterocycles. The fourth-order valence-electron chi connectivity index (χ4n) is 1.81. The Kier molecular flexibility index (Phi) is 3.61. The van der Waals surface area contributed by atoms with Crippen LogP contribution in [0.15, 0.2) is 24.4 Å². The van der Waals surface area contributed by atoms with E-state index in [1.165, 1.54) is 0 Å². The van der Waals surface area contributed by atoms with Gasteiger partial charge in [-0.3, -0.25) is 0 Å². The van der Waals surface area contributed by atoms with E-state index in [4.69, 9.17) is 35.4 Å². The summed E-state index contributed by atoms with van der Waals surface area (Å²) in [4.78, 5) is 3.10. The van der Waals surface area contributed by atoms with E-state index in [0.717, 1.165) is 11.3 Å². The molecule has 5 heteroatoms. The summed E-state index contributed by atoms with van der Waals surface area (Å²) in [6.07, 6.45) is 1.98. The Hall–Kier alpha value is -0.770. The Balaban J connectivity index is 2.47. The normalized spacial score (nSPS) is 12.7. The molecule has 2 aromatic rings. The zero-order valence-corrected chi connectivity index (χ0v) is 11.8. The molecule has 1 aromatic heterocycles. The molecule has 0 fully saturated rings. The average Bonchev–Trinajstić information content (AvgIpc) is 2.57. The van der Waals surface area contributed by atoms with Gasteiger partial charge in [0.1, 0.15) is 0 Å². The van der Waals surface area contributed by atoms with Crippen LogP contribution < -0.4 is 0 Å². The second-order valence-corrected chi connectivity index (χ2v) is 5.22. The first-order valence-electron chi connectivity index (χ1n) is 5.21. The van der Waals surface area contributed by atoms with Crippen LogP contribution in [0.3, 0.4) is 0 Å². The standard InChI is InChI=1S/C12H12Cl2N2S/c1-7-6-16(12(17)15-7)8(2)10-4-3-9(13)5-11(10)14/h3-6,8H,1-2H3,(H,15,17). The van der Waals surface area contributed by atoms with Gasteiger partial charge in [0, 0.05) is 21.9 Å². The fraction of sp³-hybridized carbons (Fsp3) is 0.250. The van der Waals surface area contributed by atoms with Crippen molar-refractivity contribution in [3.05, 3.63) is 50.5 Å². The Labute approximate surface area is 115 Å². The van der Waals surface area contributed by atoms with Gasteiger partial charge in [-0.25, -0.2) is 0 Å². The maximum absolute atomic E-state index is 6.19. The molecule has 0 saturated carbocycles. The first-order chi connectivity index (χ1) is 7.99. The van der Waals surface area contributed by atoms with E-state index in [1.54, 1.807) is 6.07 Å². The van der Waals surface area contributed by atoms with Gasteiger partial charge < -0.3 is 9.55 Å². The van der Waals surface area contributed by atoms with E-state index in [1.807, 2.05) is 29.8 Å². The zero-order chi connectivity index (χ0) is 12.6. The van der Waals surface area contributed by atoms with Gasteiger partial charge in [0.15, 0.2) is 4.77 Å². The molecule has 0 radical (unpaired) electrons. The number of halogens is 2. The quantitative estimate of drug-likeness (QED) is 0.789. The van der Waals surface area contributed by atoms with E-state index in [0.29, 0.717) is 14.8 Å². The van der Waals surface area contributed by atoms with Crippen molar-refractivity contribution in [1.29, 1.82) is 0 Å². The third-order valence-corrected chi connectivity index (χ3v) is 3.58. The van der Waals surface area contributed by atoms with Crippen LogP contribution in [-0.2, 0) is 0 Å². The van der Waals surface area contributed by atoms with E-state index < -0.39 is 0 Å². The summed E-state index contributed by atoms with van der Waals surface area (Å²) in [6, 6.07) is 5.59. The van der Waals surface area contributed by atoms with Gasteiger partial charge in [-0.2, -0.15) is 0 Å². The molecule has 1 unspecified atom stereocenters. The maximum Gasteiger partial charge on any atom is 0.177 e. The maximum atomic E-state index is 6.19. The molecular formula is C12H12Cl2N2S. The van der Waals surface area contributed by atoms with Crippen molar-refractivity contribution in [2.24, 2.45) is 0 Å². The largest absolute Gasteiger partial charge is 0.335 e. The van der Waals surface area contributed by atoms with E-state index in [9.17, 15) is 0 Å². The lowest BCUT2D eigenvalue weighted by Crippen LogP contribution is -2.06. The molecule has 0 aliphatic carbocycles. The number of H-pyrrole nitrogens is 1. The third kappa shape index (κ3) is 2.57. The van der Waals surface area contributed by atoms with Crippen LogP contribution >= 0.6 is 35.4 Å². The molecule has 90 valence electrons. The van der Waals surface area contributed by atoms with Crippen LogP contribution in [0, 0.1) is 11.7 Å². The van der Waals surface area contributed by atoms with Crippen LogP contribution in [0.5, 0.6) is 0 Å². The fourth-order valence-corrected chi connectivity index (χ4v) is 2.75. The van der Waals surface area contributed by atoms with Crippen molar-refractivity contribution >= 4 is 35.4 Å². The topological polar surface area (TPSA) is 20.7 Å². The van der Waals surface area contributed by atoms with E-state index >= 15 is 0 Å². The van der Waals surface area contributed by atoms with Crippen LogP contribution in [0.2, 0.25) is 10.0 Å². The van der Waals surface area contributed by atoms with Crippen molar-refractivity contribution in [3.8, 4) is 0 Å². The van der Waals surface area contributed by atoms with Gasteiger partial charge >= 0.3 is 0 Å². The lowest BCUT2D eigenvalue weighted by Gasteiger charge is -2.15. The molecule has 0 saturated heterocycles. The molecule has 0 amide bonds. The van der Waals surface area contributed by atoms with Crippen molar-refractivity contribution in [2.75, 3.05) is 0 Å². The SMILES string of the molecule is Cc1cn(C(C)c2ccc(Cl)cc2Cl)c(=S)[nH]1. The van der Waals surface area contributed by atoms with Crippen molar-refractivity contribution in [3.63, 3.8) is 0 Å². The lowest BCUT2D eigenvalue weighted by atomic mass is 10.1. The molecular weight excluding hydrogens is 275 g/mol. The minimum atomic E-state index is 0.0808.